The summed E-state index contributed by atoms with van der Waals surface area (Å²) in [5, 5.41) is 5.96. The third kappa shape index (κ3) is 4.81. The van der Waals surface area contributed by atoms with Gasteiger partial charge >= 0.3 is 12.4 Å². The summed E-state index contributed by atoms with van der Waals surface area (Å²) in [6, 6.07) is 44.1. The molecule has 10 heteroatoms. The molecule has 4 aromatic heterocycles. The molecule has 0 aliphatic rings. The van der Waals surface area contributed by atoms with Gasteiger partial charge in [-0.25, -0.2) is 0 Å². The van der Waals surface area contributed by atoms with Gasteiger partial charge in [-0.15, -0.1) is 0 Å². The van der Waals surface area contributed by atoms with Crippen molar-refractivity contribution in [3.05, 3.63) is 169 Å². The lowest BCUT2D eigenvalue weighted by atomic mass is 9.96. The fourth-order valence-electron chi connectivity index (χ4n) is 9.24. The minimum absolute atomic E-state index is 0.0148. The highest BCUT2D eigenvalue weighted by molar-refractivity contribution is 6.23. The Kier molecular flexibility index (Phi) is 6.94. The summed E-state index contributed by atoms with van der Waals surface area (Å²) in [5.41, 5.74) is 2.36. The second kappa shape index (κ2) is 12.0. The van der Waals surface area contributed by atoms with Crippen molar-refractivity contribution in [3.63, 3.8) is 0 Å². The summed E-state index contributed by atoms with van der Waals surface area (Å²) in [4.78, 5) is 0. The van der Waals surface area contributed by atoms with Crippen LogP contribution in [0.4, 0.5) is 26.3 Å². The number of fused-ring (bicyclic) bond motifs is 14. The number of alkyl halides is 6. The summed E-state index contributed by atoms with van der Waals surface area (Å²) in [6.45, 7) is 0. The van der Waals surface area contributed by atoms with Gasteiger partial charge in [-0.1, -0.05) is 97.1 Å². The van der Waals surface area contributed by atoms with Crippen molar-refractivity contribution in [3.8, 4) is 22.5 Å². The Hall–Kier alpha value is -7.46. The third-order valence-electron chi connectivity index (χ3n) is 11.7. The molecule has 8 aromatic carbocycles. The van der Waals surface area contributed by atoms with Crippen LogP contribution in [0.2, 0.25) is 0 Å². The molecule has 0 unspecified atom stereocenters. The van der Waals surface area contributed by atoms with E-state index in [4.69, 9.17) is 8.83 Å². The molecule has 0 saturated heterocycles. The Bertz CT molecular complexity index is 3560. The quantitative estimate of drug-likeness (QED) is 0.167. The molecular weight excluding hydrogens is 775 g/mol. The highest BCUT2D eigenvalue weighted by Crippen LogP contribution is 2.49. The van der Waals surface area contributed by atoms with Crippen LogP contribution in [0, 0.1) is 0 Å². The van der Waals surface area contributed by atoms with E-state index >= 15 is 13.2 Å². The van der Waals surface area contributed by atoms with E-state index in [1.165, 1.54) is 12.1 Å². The van der Waals surface area contributed by atoms with Gasteiger partial charge < -0.3 is 18.0 Å². The summed E-state index contributed by atoms with van der Waals surface area (Å²) in [6.07, 6.45) is -9.63. The van der Waals surface area contributed by atoms with Crippen molar-refractivity contribution in [2.45, 2.75) is 12.4 Å². The number of hydrogen-bond acceptors (Lipinski definition) is 2. The van der Waals surface area contributed by atoms with Gasteiger partial charge in [0.1, 0.15) is 11.2 Å². The monoisotopic (exact) mass is 800 g/mol. The SMILES string of the molecule is FC(F)(F)c1cccc(-c2c(-n3c4ccccc4c4ccc5c6ccccc6oc5c43)cc(C(F)(F)F)cc2-n2c3ccccc3c3ccc4c5ccccc5oc4c32)c1. The number of benzene rings is 8. The van der Waals surface area contributed by atoms with Crippen LogP contribution in [0.25, 0.3) is 110 Å². The summed E-state index contributed by atoms with van der Waals surface area (Å²) in [7, 11) is 0. The molecule has 0 aliphatic heterocycles. The highest BCUT2D eigenvalue weighted by atomic mass is 19.4. The molecule has 4 nitrogen and oxygen atoms in total. The molecular formula is C50H26F6N2O2. The molecule has 0 bridgehead atoms. The predicted molar refractivity (Wildman–Crippen MR) is 225 cm³/mol. The van der Waals surface area contributed by atoms with Gasteiger partial charge in [-0.05, 0) is 66.2 Å². The molecule has 0 spiro atoms. The van der Waals surface area contributed by atoms with Crippen LogP contribution in [0.1, 0.15) is 11.1 Å². The average Bonchev–Trinajstić information content (AvgIpc) is 4.00. The average molecular weight is 801 g/mol. The van der Waals surface area contributed by atoms with Crippen LogP contribution < -0.4 is 0 Å². The lowest BCUT2D eigenvalue weighted by Crippen LogP contribution is -2.12. The first kappa shape index (κ1) is 34.6. The van der Waals surface area contributed by atoms with Crippen molar-refractivity contribution < 1.29 is 35.2 Å². The first-order valence-corrected chi connectivity index (χ1v) is 19.1. The van der Waals surface area contributed by atoms with E-state index in [1.54, 1.807) is 33.4 Å². The largest absolute Gasteiger partial charge is 0.454 e. The van der Waals surface area contributed by atoms with Gasteiger partial charge in [-0.2, -0.15) is 26.3 Å². The normalized spacial score (nSPS) is 12.8. The molecule has 0 atom stereocenters. The molecule has 0 radical (unpaired) electrons. The van der Waals surface area contributed by atoms with Gasteiger partial charge in [0.05, 0.1) is 44.6 Å². The number of furan rings is 2. The van der Waals surface area contributed by atoms with Crippen molar-refractivity contribution in [1.82, 2.24) is 9.13 Å². The van der Waals surface area contributed by atoms with Crippen LogP contribution in [0.15, 0.2) is 167 Å². The zero-order valence-electron chi connectivity index (χ0n) is 31.0. The second-order valence-electron chi connectivity index (χ2n) is 15.0. The van der Waals surface area contributed by atoms with E-state index in [-0.39, 0.29) is 22.5 Å². The fourth-order valence-corrected chi connectivity index (χ4v) is 9.24. The van der Waals surface area contributed by atoms with Gasteiger partial charge in [0, 0.05) is 48.7 Å². The minimum Gasteiger partial charge on any atom is -0.454 e. The lowest BCUT2D eigenvalue weighted by Gasteiger charge is -2.23. The van der Waals surface area contributed by atoms with E-state index in [2.05, 4.69) is 0 Å². The van der Waals surface area contributed by atoms with E-state index in [1.807, 2.05) is 97.1 Å². The molecule has 0 aliphatic carbocycles. The van der Waals surface area contributed by atoms with Crippen molar-refractivity contribution in [1.29, 1.82) is 0 Å². The molecule has 12 aromatic rings. The van der Waals surface area contributed by atoms with E-state index < -0.39 is 23.5 Å². The molecule has 60 heavy (non-hydrogen) atoms. The maximum absolute atomic E-state index is 15.6. The van der Waals surface area contributed by atoms with Crippen LogP contribution in [-0.2, 0) is 12.4 Å². The number of rotatable bonds is 3. The summed E-state index contributed by atoms with van der Waals surface area (Å²) >= 11 is 0. The molecule has 0 N–H and O–H groups in total. The maximum Gasteiger partial charge on any atom is 0.416 e. The van der Waals surface area contributed by atoms with Gasteiger partial charge in [-0.3, -0.25) is 0 Å². The minimum atomic E-state index is -4.88. The maximum atomic E-state index is 15.6. The zero-order chi connectivity index (χ0) is 40.7. The van der Waals surface area contributed by atoms with E-state index in [0.29, 0.717) is 55.2 Å². The molecule has 290 valence electrons. The van der Waals surface area contributed by atoms with E-state index in [9.17, 15) is 13.2 Å². The standard InChI is InChI=1S/C50H26F6N2O2/c51-49(52,53)28-11-9-10-27(24-28)44-40(57-38-16-5-1-12-30(38)34-20-22-36-32-14-3-7-18-42(32)59-47(36)45(34)57)25-29(50(54,55)56)26-41(44)58-39-17-6-2-13-31(39)35-21-23-37-33-15-4-8-19-43(33)60-48(37)46(35)58/h1-26H. The van der Waals surface area contributed by atoms with Crippen LogP contribution in [0.5, 0.6) is 0 Å². The molecule has 0 saturated carbocycles. The number of aromatic nitrogens is 2. The molecule has 12 rings (SSSR count). The van der Waals surface area contributed by atoms with Crippen LogP contribution in [0.3, 0.4) is 0 Å². The second-order valence-corrected chi connectivity index (χ2v) is 15.0. The highest BCUT2D eigenvalue weighted by Gasteiger charge is 2.36. The van der Waals surface area contributed by atoms with Gasteiger partial charge in [0.25, 0.3) is 0 Å². The number of nitrogens with zero attached hydrogens (tertiary/aromatic N) is 2. The van der Waals surface area contributed by atoms with Crippen molar-refractivity contribution in [2.75, 3.05) is 0 Å². The predicted octanol–water partition coefficient (Wildman–Crippen LogP) is 15.4. The van der Waals surface area contributed by atoms with Crippen LogP contribution >= 0.6 is 0 Å². The van der Waals surface area contributed by atoms with Gasteiger partial charge in [0.15, 0.2) is 11.2 Å². The summed E-state index contributed by atoms with van der Waals surface area (Å²) < 4.78 is 107. The topological polar surface area (TPSA) is 36.1 Å². The zero-order valence-corrected chi connectivity index (χ0v) is 31.0. The smallest absolute Gasteiger partial charge is 0.416 e. The Morgan fingerprint density at radius 3 is 1.28 bits per heavy atom. The molecule has 0 amide bonds. The van der Waals surface area contributed by atoms with Crippen LogP contribution in [-0.4, -0.2) is 9.13 Å². The number of halogens is 6. The molecule has 0 fully saturated rings. The first-order valence-electron chi connectivity index (χ1n) is 19.1. The fraction of sp³-hybridized carbons (Fsp3) is 0.0400. The van der Waals surface area contributed by atoms with E-state index in [0.717, 1.165) is 56.6 Å². The third-order valence-corrected chi connectivity index (χ3v) is 11.7. The Morgan fingerprint density at radius 2 is 0.800 bits per heavy atom. The Labute approximate surface area is 334 Å². The van der Waals surface area contributed by atoms with Crippen molar-refractivity contribution in [2.24, 2.45) is 0 Å². The lowest BCUT2D eigenvalue weighted by molar-refractivity contribution is -0.138. The van der Waals surface area contributed by atoms with Gasteiger partial charge in [0.2, 0.25) is 0 Å². The van der Waals surface area contributed by atoms with Crippen molar-refractivity contribution >= 4 is 87.5 Å². The molecule has 4 heterocycles. The number of hydrogen-bond donors (Lipinski definition) is 0. The Balaban J connectivity index is 1.34. The number of para-hydroxylation sites is 4. The Morgan fingerprint density at radius 1 is 0.367 bits per heavy atom. The first-order chi connectivity index (χ1) is 29.0. The summed E-state index contributed by atoms with van der Waals surface area (Å²) in [5.74, 6) is 0.